The van der Waals surface area contributed by atoms with Crippen molar-refractivity contribution >= 4 is 17.2 Å². The number of nitrogens with zero attached hydrogens (tertiary/aromatic N) is 1. The van der Waals surface area contributed by atoms with Crippen molar-refractivity contribution in [2.75, 3.05) is 0 Å². The molecule has 0 bridgehead atoms. The molecule has 10 heteroatoms. The number of aromatic nitrogens is 1. The van der Waals surface area contributed by atoms with Crippen LogP contribution in [-0.2, 0) is 4.79 Å². The van der Waals surface area contributed by atoms with Crippen LogP contribution in [-0.4, -0.2) is 45.5 Å². The number of aliphatic hydroxyl groups is 2. The van der Waals surface area contributed by atoms with E-state index >= 15 is 0 Å². The number of hydrogen-bond acceptors (Lipinski definition) is 6. The van der Waals surface area contributed by atoms with Crippen molar-refractivity contribution < 1.29 is 28.2 Å². The van der Waals surface area contributed by atoms with Gasteiger partial charge in [-0.05, 0) is 26.2 Å². The zero-order chi connectivity index (χ0) is 18.3. The Morgan fingerprint density at radius 1 is 1.38 bits per heavy atom. The topological polar surface area (TPSA) is 108 Å². The van der Waals surface area contributed by atoms with Crippen LogP contribution in [0.4, 0.5) is 13.2 Å². The van der Waals surface area contributed by atoms with Crippen LogP contribution in [0.3, 0.4) is 0 Å². The van der Waals surface area contributed by atoms with Crippen molar-refractivity contribution in [1.82, 2.24) is 10.3 Å². The van der Waals surface area contributed by atoms with Crippen LogP contribution in [0.1, 0.15) is 43.7 Å². The van der Waals surface area contributed by atoms with Gasteiger partial charge < -0.3 is 21.3 Å². The predicted octanol–water partition coefficient (Wildman–Crippen LogP) is 1.49. The summed E-state index contributed by atoms with van der Waals surface area (Å²) in [6.45, 7) is 1.54. The smallest absolute Gasteiger partial charge is 0.389 e. The molecule has 1 aromatic heterocycles. The minimum Gasteiger partial charge on any atom is -0.393 e. The van der Waals surface area contributed by atoms with Crippen molar-refractivity contribution in [3.63, 3.8) is 0 Å². The molecule has 0 radical (unpaired) electrons. The van der Waals surface area contributed by atoms with Crippen LogP contribution < -0.4 is 11.1 Å². The van der Waals surface area contributed by atoms with E-state index in [1.54, 1.807) is 12.3 Å². The minimum absolute atomic E-state index is 0.183. The minimum atomic E-state index is -4.40. The first-order valence-corrected chi connectivity index (χ1v) is 8.36. The van der Waals surface area contributed by atoms with Crippen LogP contribution in [0.15, 0.2) is 11.6 Å². The zero-order valence-corrected chi connectivity index (χ0v) is 14.0. The lowest BCUT2D eigenvalue weighted by molar-refractivity contribution is -0.140. The lowest BCUT2D eigenvalue weighted by atomic mass is 10.0. The first-order chi connectivity index (χ1) is 11.1. The summed E-state index contributed by atoms with van der Waals surface area (Å²) >= 11 is 1.08. The van der Waals surface area contributed by atoms with Crippen molar-refractivity contribution in [1.29, 1.82) is 0 Å². The van der Waals surface area contributed by atoms with E-state index in [0.717, 1.165) is 11.3 Å². The number of alkyl halides is 3. The first-order valence-electron chi connectivity index (χ1n) is 7.48. The molecule has 0 aromatic carbocycles. The van der Waals surface area contributed by atoms with E-state index in [9.17, 15) is 28.2 Å². The second kappa shape index (κ2) is 9.30. The van der Waals surface area contributed by atoms with Gasteiger partial charge in [0.05, 0.1) is 18.2 Å². The number of nitrogens with two attached hydrogens (primary N) is 1. The Morgan fingerprint density at radius 2 is 2.04 bits per heavy atom. The van der Waals surface area contributed by atoms with Gasteiger partial charge in [0.1, 0.15) is 11.1 Å². The number of carbonyl (C=O) groups excluding carboxylic acids is 1. The van der Waals surface area contributed by atoms with Crippen LogP contribution in [0.2, 0.25) is 0 Å². The molecule has 1 heterocycles. The maximum Gasteiger partial charge on any atom is 0.389 e. The molecule has 1 aromatic rings. The molecule has 5 N–H and O–H groups in total. The van der Waals surface area contributed by atoms with Crippen molar-refractivity contribution in [2.24, 2.45) is 5.73 Å². The fourth-order valence-electron chi connectivity index (χ4n) is 2.02. The Hall–Kier alpha value is -1.23. The van der Waals surface area contributed by atoms with Gasteiger partial charge in [-0.3, -0.25) is 4.79 Å². The van der Waals surface area contributed by atoms with Crippen LogP contribution in [0, 0.1) is 0 Å². The van der Waals surface area contributed by atoms with E-state index in [-0.39, 0.29) is 17.8 Å². The molecule has 1 amide bonds. The lowest BCUT2D eigenvalue weighted by Crippen LogP contribution is -2.48. The van der Waals surface area contributed by atoms with Crippen molar-refractivity contribution in [3.05, 3.63) is 16.6 Å². The van der Waals surface area contributed by atoms with E-state index in [2.05, 4.69) is 10.3 Å². The van der Waals surface area contributed by atoms with E-state index in [1.165, 1.54) is 6.20 Å². The SMILES string of the molecule is CC(O)CC[C@H](N)C(=O)N[C@@H](CCC(F)(F)F)C(O)c1nccs1. The first kappa shape index (κ1) is 20.8. The van der Waals surface area contributed by atoms with Gasteiger partial charge >= 0.3 is 6.18 Å². The Morgan fingerprint density at radius 3 is 2.54 bits per heavy atom. The third-order valence-corrected chi connectivity index (χ3v) is 4.23. The molecule has 0 saturated carbocycles. The maximum absolute atomic E-state index is 12.5. The van der Waals surface area contributed by atoms with Crippen molar-refractivity contribution in [2.45, 2.75) is 63.1 Å². The highest BCUT2D eigenvalue weighted by Crippen LogP contribution is 2.27. The molecule has 24 heavy (non-hydrogen) atoms. The summed E-state index contributed by atoms with van der Waals surface area (Å²) in [4.78, 5) is 15.9. The highest BCUT2D eigenvalue weighted by molar-refractivity contribution is 7.09. The number of aliphatic hydroxyl groups excluding tert-OH is 2. The molecule has 0 aliphatic rings. The highest BCUT2D eigenvalue weighted by atomic mass is 32.1. The van der Waals surface area contributed by atoms with E-state index in [0.29, 0.717) is 0 Å². The van der Waals surface area contributed by atoms with Gasteiger partial charge in [-0.2, -0.15) is 13.2 Å². The summed E-state index contributed by atoms with van der Waals surface area (Å²) in [6.07, 6.45) is -6.13. The summed E-state index contributed by atoms with van der Waals surface area (Å²) in [5.74, 6) is -0.668. The number of nitrogens with one attached hydrogen (secondary N) is 1. The Labute approximate surface area is 141 Å². The summed E-state index contributed by atoms with van der Waals surface area (Å²) in [7, 11) is 0. The van der Waals surface area contributed by atoms with Gasteiger partial charge in [0.25, 0.3) is 0 Å². The fourth-order valence-corrected chi connectivity index (χ4v) is 2.71. The highest BCUT2D eigenvalue weighted by Gasteiger charge is 2.33. The van der Waals surface area contributed by atoms with Crippen molar-refractivity contribution in [3.8, 4) is 0 Å². The zero-order valence-electron chi connectivity index (χ0n) is 13.2. The second-order valence-corrected chi connectivity index (χ2v) is 6.54. The molecular weight excluding hydrogens is 347 g/mol. The number of halogens is 3. The molecule has 6 nitrogen and oxygen atoms in total. The third-order valence-electron chi connectivity index (χ3n) is 3.38. The average Bonchev–Trinajstić information content (AvgIpc) is 3.01. The predicted molar refractivity (Wildman–Crippen MR) is 83.2 cm³/mol. The van der Waals surface area contributed by atoms with E-state index in [1.807, 2.05) is 0 Å². The lowest BCUT2D eigenvalue weighted by Gasteiger charge is -2.25. The van der Waals surface area contributed by atoms with Gasteiger partial charge in [-0.15, -0.1) is 11.3 Å². The van der Waals surface area contributed by atoms with Crippen LogP contribution >= 0.6 is 11.3 Å². The van der Waals surface area contributed by atoms with Crippen LogP contribution in [0.25, 0.3) is 0 Å². The van der Waals surface area contributed by atoms with Gasteiger partial charge in [0, 0.05) is 18.0 Å². The maximum atomic E-state index is 12.5. The summed E-state index contributed by atoms with van der Waals surface area (Å²) in [5.41, 5.74) is 5.67. The molecule has 0 fully saturated rings. The summed E-state index contributed by atoms with van der Waals surface area (Å²) < 4.78 is 37.4. The molecule has 0 saturated heterocycles. The molecule has 2 unspecified atom stereocenters. The number of carbonyl (C=O) groups is 1. The number of hydrogen-bond donors (Lipinski definition) is 4. The normalized spacial score (nSPS) is 17.1. The monoisotopic (exact) mass is 369 g/mol. The van der Waals surface area contributed by atoms with Gasteiger partial charge in [-0.1, -0.05) is 0 Å². The summed E-state index contributed by atoms with van der Waals surface area (Å²) in [6, 6.07) is -2.13. The molecular formula is C14H22F3N3O3S. The molecule has 4 atom stereocenters. The Balaban J connectivity index is 2.71. The quantitative estimate of drug-likeness (QED) is 0.527. The van der Waals surface area contributed by atoms with Crippen LogP contribution in [0.5, 0.6) is 0 Å². The van der Waals surface area contributed by atoms with E-state index in [4.69, 9.17) is 5.73 Å². The molecule has 138 valence electrons. The average molecular weight is 369 g/mol. The molecule has 0 aliphatic heterocycles. The van der Waals surface area contributed by atoms with Gasteiger partial charge in [0.15, 0.2) is 0 Å². The van der Waals surface area contributed by atoms with Gasteiger partial charge in [-0.25, -0.2) is 4.98 Å². The number of amides is 1. The summed E-state index contributed by atoms with van der Waals surface area (Å²) in [5, 5.41) is 23.6. The molecule has 0 aliphatic carbocycles. The van der Waals surface area contributed by atoms with Gasteiger partial charge in [0.2, 0.25) is 5.91 Å². The second-order valence-electron chi connectivity index (χ2n) is 5.62. The standard InChI is InChI=1S/C14H22F3N3O3S/c1-8(21)2-3-9(18)12(23)20-10(4-5-14(15,16)17)11(22)13-19-6-7-24-13/h6-11,21-22H,2-5,18H2,1H3,(H,20,23)/t8?,9-,10-,11?/m0/s1. The Kier molecular flexibility index (Phi) is 8.07. The largest absolute Gasteiger partial charge is 0.393 e. The number of rotatable bonds is 9. The van der Waals surface area contributed by atoms with E-state index < -0.39 is 49.2 Å². The Bertz CT molecular complexity index is 497. The third kappa shape index (κ3) is 7.56. The number of thiazole rings is 1. The molecule has 1 rings (SSSR count). The fraction of sp³-hybridized carbons (Fsp3) is 0.714. The molecule has 0 spiro atoms.